The molecule has 0 fully saturated rings. The lowest BCUT2D eigenvalue weighted by Crippen LogP contribution is -1.87. The van der Waals surface area contributed by atoms with Gasteiger partial charge < -0.3 is 4.98 Å². The Kier molecular flexibility index (Phi) is 3.15. The van der Waals surface area contributed by atoms with E-state index in [9.17, 15) is 0 Å². The summed E-state index contributed by atoms with van der Waals surface area (Å²) in [7, 11) is 0. The highest BCUT2D eigenvalue weighted by Crippen LogP contribution is 2.31. The molecule has 0 amide bonds. The molecule has 2 aromatic carbocycles. The van der Waals surface area contributed by atoms with Crippen molar-refractivity contribution in [3.05, 3.63) is 66.2 Å². The minimum atomic E-state index is 0.882. The summed E-state index contributed by atoms with van der Waals surface area (Å²) in [5.74, 6) is 0.899. The number of benzene rings is 2. The molecular weight excluding hydrogens is 284 g/mol. The maximum Gasteiger partial charge on any atom is 0.104 e. The SMILES string of the molecule is Cc1cccc(-c2nc(C)[nH]c2-c2ccc3nccnc3c2)c1. The van der Waals surface area contributed by atoms with Crippen molar-refractivity contribution >= 4 is 11.0 Å². The van der Waals surface area contributed by atoms with Crippen molar-refractivity contribution in [2.45, 2.75) is 13.8 Å². The van der Waals surface area contributed by atoms with Gasteiger partial charge in [-0.25, -0.2) is 4.98 Å². The van der Waals surface area contributed by atoms with Crippen LogP contribution in [0.25, 0.3) is 33.5 Å². The van der Waals surface area contributed by atoms with E-state index < -0.39 is 0 Å². The summed E-state index contributed by atoms with van der Waals surface area (Å²) in [5, 5.41) is 0. The third-order valence-electron chi connectivity index (χ3n) is 3.87. The van der Waals surface area contributed by atoms with Crippen molar-refractivity contribution in [3.8, 4) is 22.5 Å². The molecule has 4 nitrogen and oxygen atoms in total. The highest BCUT2D eigenvalue weighted by molar-refractivity contribution is 5.85. The summed E-state index contributed by atoms with van der Waals surface area (Å²) < 4.78 is 0. The first-order chi connectivity index (χ1) is 11.2. The topological polar surface area (TPSA) is 54.5 Å². The van der Waals surface area contributed by atoms with E-state index in [0.717, 1.165) is 39.4 Å². The highest BCUT2D eigenvalue weighted by Gasteiger charge is 2.13. The standard InChI is InChI=1S/C19H16N4/c1-12-4-3-5-14(10-12)18-19(23-13(2)22-18)15-6-7-16-17(11-15)21-9-8-20-16/h3-11H,1-2H3,(H,22,23). The molecule has 0 bridgehead atoms. The van der Waals surface area contributed by atoms with Crippen molar-refractivity contribution in [2.75, 3.05) is 0 Å². The van der Waals surface area contributed by atoms with E-state index in [4.69, 9.17) is 0 Å². The van der Waals surface area contributed by atoms with Crippen molar-refractivity contribution in [3.63, 3.8) is 0 Å². The fourth-order valence-corrected chi connectivity index (χ4v) is 2.82. The molecule has 0 radical (unpaired) electrons. The summed E-state index contributed by atoms with van der Waals surface area (Å²) in [6.45, 7) is 4.07. The van der Waals surface area contributed by atoms with Gasteiger partial charge in [0, 0.05) is 23.5 Å². The predicted octanol–water partition coefficient (Wildman–Crippen LogP) is 4.30. The second kappa shape index (κ2) is 5.32. The van der Waals surface area contributed by atoms with E-state index in [2.05, 4.69) is 63.3 Å². The maximum absolute atomic E-state index is 4.69. The van der Waals surface area contributed by atoms with Crippen molar-refractivity contribution in [2.24, 2.45) is 0 Å². The Morgan fingerprint density at radius 2 is 1.65 bits per heavy atom. The van der Waals surface area contributed by atoms with Gasteiger partial charge in [0.15, 0.2) is 0 Å². The second-order valence-corrected chi connectivity index (χ2v) is 5.68. The third kappa shape index (κ3) is 2.48. The van der Waals surface area contributed by atoms with Crippen LogP contribution in [-0.2, 0) is 0 Å². The summed E-state index contributed by atoms with van der Waals surface area (Å²) in [5.41, 5.74) is 7.16. The molecule has 4 aromatic rings. The number of aromatic nitrogens is 4. The van der Waals surface area contributed by atoms with Gasteiger partial charge in [-0.05, 0) is 32.0 Å². The van der Waals surface area contributed by atoms with E-state index in [1.165, 1.54) is 5.56 Å². The van der Waals surface area contributed by atoms with Gasteiger partial charge in [0.05, 0.1) is 22.4 Å². The minimum Gasteiger partial charge on any atom is -0.342 e. The van der Waals surface area contributed by atoms with Crippen LogP contribution in [0.5, 0.6) is 0 Å². The molecule has 0 saturated heterocycles. The van der Waals surface area contributed by atoms with E-state index in [0.29, 0.717) is 0 Å². The zero-order chi connectivity index (χ0) is 15.8. The van der Waals surface area contributed by atoms with Gasteiger partial charge >= 0.3 is 0 Å². The van der Waals surface area contributed by atoms with E-state index in [1.54, 1.807) is 12.4 Å². The van der Waals surface area contributed by atoms with Crippen LogP contribution < -0.4 is 0 Å². The van der Waals surface area contributed by atoms with Crippen molar-refractivity contribution in [1.82, 2.24) is 19.9 Å². The molecule has 112 valence electrons. The van der Waals surface area contributed by atoms with Crippen LogP contribution in [0.1, 0.15) is 11.4 Å². The number of hydrogen-bond acceptors (Lipinski definition) is 3. The van der Waals surface area contributed by atoms with Gasteiger partial charge in [-0.2, -0.15) is 0 Å². The lowest BCUT2D eigenvalue weighted by atomic mass is 10.0. The lowest BCUT2D eigenvalue weighted by molar-refractivity contribution is 1.15. The number of aryl methyl sites for hydroxylation is 2. The van der Waals surface area contributed by atoms with Crippen LogP contribution in [0.2, 0.25) is 0 Å². The lowest BCUT2D eigenvalue weighted by Gasteiger charge is -2.05. The monoisotopic (exact) mass is 300 g/mol. The Hall–Kier alpha value is -3.01. The molecule has 2 aromatic heterocycles. The number of H-pyrrole nitrogens is 1. The van der Waals surface area contributed by atoms with E-state index in [-0.39, 0.29) is 0 Å². The van der Waals surface area contributed by atoms with Crippen LogP contribution in [-0.4, -0.2) is 19.9 Å². The molecule has 4 rings (SSSR count). The first-order valence-corrected chi connectivity index (χ1v) is 7.55. The number of aromatic amines is 1. The third-order valence-corrected chi connectivity index (χ3v) is 3.87. The molecule has 1 N–H and O–H groups in total. The Morgan fingerprint density at radius 1 is 0.826 bits per heavy atom. The smallest absolute Gasteiger partial charge is 0.104 e. The molecule has 0 aliphatic heterocycles. The van der Waals surface area contributed by atoms with Gasteiger partial charge in [0.2, 0.25) is 0 Å². The maximum atomic E-state index is 4.69. The van der Waals surface area contributed by atoms with Crippen molar-refractivity contribution < 1.29 is 0 Å². The first kappa shape index (κ1) is 13.6. The second-order valence-electron chi connectivity index (χ2n) is 5.68. The molecule has 0 aliphatic rings. The first-order valence-electron chi connectivity index (χ1n) is 7.55. The summed E-state index contributed by atoms with van der Waals surface area (Å²) in [6.07, 6.45) is 3.42. The summed E-state index contributed by atoms with van der Waals surface area (Å²) >= 11 is 0. The number of fused-ring (bicyclic) bond motifs is 1. The number of hydrogen-bond donors (Lipinski definition) is 1. The van der Waals surface area contributed by atoms with Gasteiger partial charge in [0.1, 0.15) is 5.82 Å². The van der Waals surface area contributed by atoms with Crippen LogP contribution in [0, 0.1) is 13.8 Å². The Bertz CT molecular complexity index is 1000. The van der Waals surface area contributed by atoms with Crippen LogP contribution in [0.15, 0.2) is 54.9 Å². The van der Waals surface area contributed by atoms with Gasteiger partial charge in [-0.1, -0.05) is 29.8 Å². The molecular formula is C19H16N4. The normalized spacial score (nSPS) is 11.0. The zero-order valence-corrected chi connectivity index (χ0v) is 13.0. The highest BCUT2D eigenvalue weighted by atomic mass is 14.9. The molecule has 0 saturated carbocycles. The average Bonchev–Trinajstić information content (AvgIpc) is 2.96. The minimum absolute atomic E-state index is 0.882. The fourth-order valence-electron chi connectivity index (χ4n) is 2.82. The molecule has 2 heterocycles. The van der Waals surface area contributed by atoms with Gasteiger partial charge in [0.25, 0.3) is 0 Å². The van der Waals surface area contributed by atoms with Gasteiger partial charge in [-0.3, -0.25) is 9.97 Å². The number of nitrogens with zero attached hydrogens (tertiary/aromatic N) is 3. The summed E-state index contributed by atoms with van der Waals surface area (Å²) in [6, 6.07) is 14.5. The molecule has 0 aliphatic carbocycles. The molecule has 4 heteroatoms. The quantitative estimate of drug-likeness (QED) is 0.600. The Morgan fingerprint density at radius 3 is 2.48 bits per heavy atom. The predicted molar refractivity (Wildman–Crippen MR) is 92.0 cm³/mol. The van der Waals surface area contributed by atoms with Gasteiger partial charge in [-0.15, -0.1) is 0 Å². The largest absolute Gasteiger partial charge is 0.342 e. The Labute approximate surface area is 134 Å². The fraction of sp³-hybridized carbons (Fsp3) is 0.105. The molecule has 0 spiro atoms. The molecule has 0 unspecified atom stereocenters. The van der Waals surface area contributed by atoms with Crippen LogP contribution in [0.4, 0.5) is 0 Å². The number of imidazole rings is 1. The summed E-state index contributed by atoms with van der Waals surface area (Å²) in [4.78, 5) is 16.8. The molecule has 23 heavy (non-hydrogen) atoms. The molecule has 0 atom stereocenters. The average molecular weight is 300 g/mol. The van der Waals surface area contributed by atoms with E-state index >= 15 is 0 Å². The van der Waals surface area contributed by atoms with E-state index in [1.807, 2.05) is 13.0 Å². The van der Waals surface area contributed by atoms with Crippen LogP contribution in [0.3, 0.4) is 0 Å². The number of nitrogens with one attached hydrogen (secondary N) is 1. The zero-order valence-electron chi connectivity index (χ0n) is 13.0. The van der Waals surface area contributed by atoms with Crippen LogP contribution >= 0.6 is 0 Å². The van der Waals surface area contributed by atoms with Crippen molar-refractivity contribution in [1.29, 1.82) is 0 Å². The number of rotatable bonds is 2. The Balaban J connectivity index is 1.91.